The summed E-state index contributed by atoms with van der Waals surface area (Å²) >= 11 is 0. The second-order valence-electron chi connectivity index (χ2n) is 12.7. The Hall–Kier alpha value is -3.33. The molecule has 0 saturated carbocycles. The number of nitrogens with zero attached hydrogens (tertiary/aromatic N) is 5. The Morgan fingerprint density at radius 1 is 1.05 bits per heavy atom. The number of hydrogen-bond donors (Lipinski definition) is 1. The number of hydrogen-bond acceptors (Lipinski definition) is 7. The van der Waals surface area contributed by atoms with Crippen LogP contribution in [0.2, 0.25) is 0 Å². The summed E-state index contributed by atoms with van der Waals surface area (Å²) in [5.74, 6) is -0.238. The summed E-state index contributed by atoms with van der Waals surface area (Å²) < 4.78 is 7.88. The number of nitrogens with one attached hydrogen (secondary N) is 1. The maximum Gasteiger partial charge on any atom is 0.326 e. The van der Waals surface area contributed by atoms with Gasteiger partial charge in [-0.1, -0.05) is 24.3 Å². The van der Waals surface area contributed by atoms with E-state index in [-0.39, 0.29) is 18.6 Å². The highest BCUT2D eigenvalue weighted by atomic mass is 16.6. The van der Waals surface area contributed by atoms with Crippen LogP contribution in [-0.4, -0.2) is 75.2 Å². The predicted octanol–water partition coefficient (Wildman–Crippen LogP) is 5.10. The first kappa shape index (κ1) is 28.8. The largest absolute Gasteiger partial charge is 0.459 e. The number of carbonyl (C=O) groups excluding carboxylic acids is 1. The number of carbonyl (C=O) groups is 1. The van der Waals surface area contributed by atoms with Crippen molar-refractivity contribution in [2.45, 2.75) is 71.2 Å². The molecule has 4 aromatic rings. The van der Waals surface area contributed by atoms with Crippen LogP contribution < -0.4 is 5.32 Å². The van der Waals surface area contributed by atoms with Gasteiger partial charge >= 0.3 is 5.97 Å². The van der Waals surface area contributed by atoms with Gasteiger partial charge in [0.2, 0.25) is 0 Å². The standard InChI is InChI=1S/C34H44N6O2/c1-34(2,3)42-31(41)24-40-29-12-5-4-11-26(29)27-14-16-36-28(33(27)40)23-39(20-8-19-38-21-17-35-18-22-38)30-13-6-9-25-10-7-15-37-32(25)30/h4-5,7,10-12,14-16,30,35H,6,8-9,13,17-24H2,1-3H3/t30-/m0/s1. The van der Waals surface area contributed by atoms with Crippen LogP contribution >= 0.6 is 0 Å². The van der Waals surface area contributed by atoms with E-state index in [1.807, 2.05) is 39.2 Å². The quantitative estimate of drug-likeness (QED) is 0.282. The van der Waals surface area contributed by atoms with Crippen molar-refractivity contribution >= 4 is 27.8 Å². The van der Waals surface area contributed by atoms with Crippen molar-refractivity contribution in [3.8, 4) is 0 Å². The average Bonchev–Trinajstić information content (AvgIpc) is 3.30. The van der Waals surface area contributed by atoms with Crippen LogP contribution in [0.15, 0.2) is 54.9 Å². The molecular weight excluding hydrogens is 524 g/mol. The van der Waals surface area contributed by atoms with Gasteiger partial charge in [0.1, 0.15) is 12.1 Å². The minimum Gasteiger partial charge on any atom is -0.459 e. The van der Waals surface area contributed by atoms with Crippen LogP contribution in [0, 0.1) is 0 Å². The molecule has 0 bridgehead atoms. The molecule has 1 fully saturated rings. The maximum absolute atomic E-state index is 13.1. The van der Waals surface area contributed by atoms with Gasteiger partial charge in [-0.3, -0.25) is 19.7 Å². The van der Waals surface area contributed by atoms with Crippen molar-refractivity contribution in [3.05, 3.63) is 71.8 Å². The number of pyridine rings is 2. The molecule has 8 heteroatoms. The fraction of sp³-hybridized carbons (Fsp3) is 0.500. The van der Waals surface area contributed by atoms with E-state index in [2.05, 4.69) is 56.1 Å². The lowest BCUT2D eigenvalue weighted by Crippen LogP contribution is -2.44. The summed E-state index contributed by atoms with van der Waals surface area (Å²) in [5, 5.41) is 5.73. The van der Waals surface area contributed by atoms with Gasteiger partial charge in [-0.05, 0) is 76.8 Å². The van der Waals surface area contributed by atoms with E-state index in [1.54, 1.807) is 0 Å². The number of aryl methyl sites for hydroxylation is 1. The van der Waals surface area contributed by atoms with Gasteiger partial charge in [0.05, 0.1) is 22.9 Å². The first-order chi connectivity index (χ1) is 20.4. The Morgan fingerprint density at radius 2 is 1.88 bits per heavy atom. The SMILES string of the molecule is CC(C)(C)OC(=O)Cn1c2ccccc2c2ccnc(CN(CCCN3CCNCC3)[C@H]3CCCc4cccnc43)c21. The second-order valence-corrected chi connectivity index (χ2v) is 12.7. The van der Waals surface area contributed by atoms with Crippen molar-refractivity contribution in [3.63, 3.8) is 0 Å². The molecule has 1 aliphatic heterocycles. The first-order valence-corrected chi connectivity index (χ1v) is 15.5. The van der Waals surface area contributed by atoms with Crippen LogP contribution in [-0.2, 0) is 29.0 Å². The van der Waals surface area contributed by atoms with E-state index in [0.717, 1.165) is 92.5 Å². The van der Waals surface area contributed by atoms with Crippen LogP contribution in [0.25, 0.3) is 21.8 Å². The van der Waals surface area contributed by atoms with Crippen molar-refractivity contribution in [2.24, 2.45) is 0 Å². The predicted molar refractivity (Wildman–Crippen MR) is 167 cm³/mol. The van der Waals surface area contributed by atoms with Gasteiger partial charge in [-0.2, -0.15) is 0 Å². The van der Waals surface area contributed by atoms with Gasteiger partial charge in [-0.25, -0.2) is 0 Å². The fourth-order valence-electron chi connectivity index (χ4n) is 6.77. The maximum atomic E-state index is 13.1. The molecule has 1 atom stereocenters. The molecule has 6 rings (SSSR count). The molecule has 3 aromatic heterocycles. The lowest BCUT2D eigenvalue weighted by atomic mass is 9.90. The normalized spacial score (nSPS) is 18.0. The third-order valence-corrected chi connectivity index (χ3v) is 8.55. The number of aromatic nitrogens is 3. The van der Waals surface area contributed by atoms with Crippen molar-refractivity contribution in [1.82, 2.24) is 29.7 Å². The molecule has 1 aliphatic carbocycles. The van der Waals surface area contributed by atoms with Gasteiger partial charge in [0.15, 0.2) is 0 Å². The molecule has 1 aromatic carbocycles. The van der Waals surface area contributed by atoms with Gasteiger partial charge in [0, 0.05) is 68.0 Å². The highest BCUT2D eigenvalue weighted by molar-refractivity contribution is 6.09. The third kappa shape index (κ3) is 6.36. The van der Waals surface area contributed by atoms with E-state index in [0.29, 0.717) is 6.54 Å². The molecule has 8 nitrogen and oxygen atoms in total. The van der Waals surface area contributed by atoms with Crippen LogP contribution in [0.4, 0.5) is 0 Å². The molecule has 0 unspecified atom stereocenters. The lowest BCUT2D eigenvalue weighted by molar-refractivity contribution is -0.155. The van der Waals surface area contributed by atoms with Crippen molar-refractivity contribution in [1.29, 1.82) is 0 Å². The van der Waals surface area contributed by atoms with Crippen LogP contribution in [0.5, 0.6) is 0 Å². The average molecular weight is 569 g/mol. The molecule has 0 spiro atoms. The number of benzene rings is 1. The second kappa shape index (κ2) is 12.5. The molecule has 1 saturated heterocycles. The Kier molecular flexibility index (Phi) is 8.56. The number of para-hydroxylation sites is 1. The molecule has 222 valence electrons. The molecule has 0 radical (unpaired) electrons. The number of rotatable bonds is 9. The van der Waals surface area contributed by atoms with Gasteiger partial charge in [0.25, 0.3) is 0 Å². The summed E-state index contributed by atoms with van der Waals surface area (Å²) in [7, 11) is 0. The monoisotopic (exact) mass is 568 g/mol. The van der Waals surface area contributed by atoms with Crippen molar-refractivity contribution < 1.29 is 9.53 Å². The molecule has 2 aliphatic rings. The highest BCUT2D eigenvalue weighted by Gasteiger charge is 2.29. The minimum absolute atomic E-state index is 0.150. The lowest BCUT2D eigenvalue weighted by Gasteiger charge is -2.36. The zero-order chi connectivity index (χ0) is 29.1. The summed E-state index contributed by atoms with van der Waals surface area (Å²) in [6, 6.07) is 15.0. The number of fused-ring (bicyclic) bond motifs is 4. The van der Waals surface area contributed by atoms with Crippen LogP contribution in [0.3, 0.4) is 0 Å². The Balaban J connectivity index is 1.36. The molecule has 42 heavy (non-hydrogen) atoms. The summed E-state index contributed by atoms with van der Waals surface area (Å²) in [6.45, 7) is 13.0. The van der Waals surface area contributed by atoms with E-state index < -0.39 is 5.60 Å². The summed E-state index contributed by atoms with van der Waals surface area (Å²) in [4.78, 5) is 28.2. The van der Waals surface area contributed by atoms with E-state index in [1.165, 1.54) is 11.3 Å². The van der Waals surface area contributed by atoms with Crippen molar-refractivity contribution in [2.75, 3.05) is 39.3 Å². The van der Waals surface area contributed by atoms with E-state index in [9.17, 15) is 4.79 Å². The van der Waals surface area contributed by atoms with E-state index in [4.69, 9.17) is 14.7 Å². The minimum atomic E-state index is -0.542. The Bertz CT molecular complexity index is 1530. The Morgan fingerprint density at radius 3 is 2.71 bits per heavy atom. The summed E-state index contributed by atoms with van der Waals surface area (Å²) in [5.41, 5.74) is 5.09. The number of piperazine rings is 1. The highest BCUT2D eigenvalue weighted by Crippen LogP contribution is 2.36. The number of esters is 1. The molecule has 1 N–H and O–H groups in total. The zero-order valence-corrected chi connectivity index (χ0v) is 25.3. The smallest absolute Gasteiger partial charge is 0.326 e. The summed E-state index contributed by atoms with van der Waals surface area (Å²) in [6.07, 6.45) is 8.30. The van der Waals surface area contributed by atoms with Gasteiger partial charge in [-0.15, -0.1) is 0 Å². The topological polar surface area (TPSA) is 75.5 Å². The zero-order valence-electron chi connectivity index (χ0n) is 25.3. The van der Waals surface area contributed by atoms with Crippen LogP contribution in [0.1, 0.15) is 63.0 Å². The van der Waals surface area contributed by atoms with E-state index >= 15 is 0 Å². The Labute approximate surface area is 249 Å². The number of ether oxygens (including phenoxy) is 1. The molecule has 0 amide bonds. The third-order valence-electron chi connectivity index (χ3n) is 8.55. The van der Waals surface area contributed by atoms with Gasteiger partial charge < -0.3 is 19.5 Å². The molecular formula is C34H44N6O2. The fourth-order valence-corrected chi connectivity index (χ4v) is 6.77. The first-order valence-electron chi connectivity index (χ1n) is 15.5. The molecule has 4 heterocycles.